The van der Waals surface area contributed by atoms with Gasteiger partial charge < -0.3 is 8.83 Å². The fourth-order valence-electron chi connectivity index (χ4n) is 3.00. The number of hydrogen-bond acceptors (Lipinski definition) is 7. The molecule has 4 aromatic rings. The number of amides is 1. The number of anilines is 1. The third kappa shape index (κ3) is 3.64. The van der Waals surface area contributed by atoms with Gasteiger partial charge in [-0.05, 0) is 35.7 Å². The van der Waals surface area contributed by atoms with Crippen molar-refractivity contribution in [3.63, 3.8) is 0 Å². The molecular weight excluding hydrogens is 394 g/mol. The van der Waals surface area contributed by atoms with Crippen LogP contribution in [0.25, 0.3) is 10.2 Å². The van der Waals surface area contributed by atoms with Gasteiger partial charge in [0.2, 0.25) is 0 Å². The van der Waals surface area contributed by atoms with E-state index in [2.05, 4.69) is 13.8 Å². The number of carbonyl (C=O) groups excluding carboxylic acids is 1. The number of rotatable bonds is 6. The van der Waals surface area contributed by atoms with E-state index in [0.717, 1.165) is 21.8 Å². The fraction of sp³-hybridized carbons (Fsp3) is 0.200. The van der Waals surface area contributed by atoms with Crippen molar-refractivity contribution < 1.29 is 18.6 Å². The van der Waals surface area contributed by atoms with Crippen LogP contribution >= 0.6 is 11.3 Å². The summed E-state index contributed by atoms with van der Waals surface area (Å²) in [5.74, 6) is -0.317. The molecule has 4 rings (SSSR count). The topological polar surface area (TPSA) is 103 Å². The zero-order valence-corrected chi connectivity index (χ0v) is 16.5. The Balaban J connectivity index is 1.78. The molecule has 0 aliphatic rings. The van der Waals surface area contributed by atoms with Gasteiger partial charge in [-0.2, -0.15) is 0 Å². The first-order chi connectivity index (χ1) is 13.9. The molecule has 0 saturated carbocycles. The fourth-order valence-corrected chi connectivity index (χ4v) is 4.00. The van der Waals surface area contributed by atoms with Crippen LogP contribution in [0.3, 0.4) is 0 Å². The average molecular weight is 411 g/mol. The normalized spacial score (nSPS) is 11.3. The van der Waals surface area contributed by atoms with Gasteiger partial charge in [0.05, 0.1) is 29.1 Å². The molecule has 0 fully saturated rings. The van der Waals surface area contributed by atoms with Crippen LogP contribution in [0.4, 0.5) is 11.0 Å². The van der Waals surface area contributed by atoms with Gasteiger partial charge in [-0.3, -0.25) is 19.8 Å². The van der Waals surface area contributed by atoms with Gasteiger partial charge in [0.1, 0.15) is 10.7 Å². The number of benzene rings is 1. The molecule has 8 nitrogen and oxygen atoms in total. The third-order valence-electron chi connectivity index (χ3n) is 4.41. The van der Waals surface area contributed by atoms with E-state index in [0.29, 0.717) is 10.9 Å². The summed E-state index contributed by atoms with van der Waals surface area (Å²) in [4.78, 5) is 29.5. The molecule has 0 bridgehead atoms. The van der Waals surface area contributed by atoms with Gasteiger partial charge in [0, 0.05) is 0 Å². The molecule has 0 aliphatic heterocycles. The molecule has 9 heteroatoms. The van der Waals surface area contributed by atoms with Crippen molar-refractivity contribution in [1.29, 1.82) is 0 Å². The third-order valence-corrected chi connectivity index (χ3v) is 5.46. The molecule has 29 heavy (non-hydrogen) atoms. The van der Waals surface area contributed by atoms with Gasteiger partial charge in [-0.1, -0.05) is 37.3 Å². The van der Waals surface area contributed by atoms with Gasteiger partial charge in [0.25, 0.3) is 5.91 Å². The zero-order chi connectivity index (χ0) is 20.5. The lowest BCUT2D eigenvalue weighted by molar-refractivity contribution is -0.402. The van der Waals surface area contributed by atoms with Crippen molar-refractivity contribution in [3.05, 3.63) is 75.9 Å². The number of aromatic nitrogens is 1. The minimum absolute atomic E-state index is 0.122. The quantitative estimate of drug-likeness (QED) is 0.312. The molecular formula is C20H17N3O5S. The number of carbonyl (C=O) groups is 1. The summed E-state index contributed by atoms with van der Waals surface area (Å²) in [5.41, 5.74) is 1.93. The lowest BCUT2D eigenvalue weighted by atomic mass is 10.0. The second-order valence-corrected chi connectivity index (χ2v) is 7.72. The molecule has 0 N–H and O–H groups in total. The maximum Gasteiger partial charge on any atom is 0.433 e. The Kier molecular flexibility index (Phi) is 4.89. The largest absolute Gasteiger partial charge is 0.467 e. The Morgan fingerprint density at radius 2 is 2.07 bits per heavy atom. The molecule has 3 heterocycles. The summed E-state index contributed by atoms with van der Waals surface area (Å²) in [6.45, 7) is 4.29. The van der Waals surface area contributed by atoms with Crippen molar-refractivity contribution in [2.24, 2.45) is 0 Å². The molecule has 3 aromatic heterocycles. The summed E-state index contributed by atoms with van der Waals surface area (Å²) in [6.07, 6.45) is 1.52. The molecule has 0 atom stereocenters. The van der Waals surface area contributed by atoms with E-state index in [1.807, 2.05) is 18.2 Å². The Hall–Kier alpha value is -3.46. The van der Waals surface area contributed by atoms with Crippen LogP contribution in [0, 0.1) is 10.1 Å². The molecule has 0 radical (unpaired) electrons. The highest BCUT2D eigenvalue weighted by atomic mass is 32.1. The van der Waals surface area contributed by atoms with Crippen molar-refractivity contribution in [3.8, 4) is 0 Å². The molecule has 1 aromatic carbocycles. The van der Waals surface area contributed by atoms with Crippen molar-refractivity contribution in [1.82, 2.24) is 4.98 Å². The number of thiazole rings is 1. The Morgan fingerprint density at radius 3 is 2.72 bits per heavy atom. The van der Waals surface area contributed by atoms with Gasteiger partial charge in [-0.25, -0.2) is 4.98 Å². The highest BCUT2D eigenvalue weighted by molar-refractivity contribution is 7.22. The molecule has 0 saturated heterocycles. The minimum Gasteiger partial charge on any atom is -0.467 e. The number of hydrogen-bond donors (Lipinski definition) is 0. The molecule has 148 valence electrons. The van der Waals surface area contributed by atoms with Crippen molar-refractivity contribution in [2.75, 3.05) is 4.90 Å². The Labute approximate surface area is 169 Å². The first-order valence-corrected chi connectivity index (χ1v) is 9.73. The molecule has 0 aliphatic carbocycles. The lowest BCUT2D eigenvalue weighted by Gasteiger charge is -2.17. The zero-order valence-electron chi connectivity index (χ0n) is 15.7. The summed E-state index contributed by atoms with van der Waals surface area (Å²) < 4.78 is 11.5. The van der Waals surface area contributed by atoms with Gasteiger partial charge in [0.15, 0.2) is 10.9 Å². The highest BCUT2D eigenvalue weighted by Crippen LogP contribution is 2.35. The maximum atomic E-state index is 13.1. The summed E-state index contributed by atoms with van der Waals surface area (Å²) >= 11 is 1.37. The standard InChI is InChI=1S/C20H17N3O5S/c1-12(2)14-6-3-7-16-18(14)21-20(29-16)22(11-13-5-4-10-27-13)19(24)15-8-9-17(28-15)23(25)26/h3-10,12H,11H2,1-2H3. The number of furan rings is 2. The molecule has 0 unspecified atom stereocenters. The Bertz CT molecular complexity index is 1180. The minimum atomic E-state index is -0.680. The van der Waals surface area contributed by atoms with Crippen molar-refractivity contribution >= 4 is 38.5 Å². The highest BCUT2D eigenvalue weighted by Gasteiger charge is 2.27. The van der Waals surface area contributed by atoms with Gasteiger partial charge in [-0.15, -0.1) is 0 Å². The summed E-state index contributed by atoms with van der Waals surface area (Å²) in [5, 5.41) is 11.4. The van der Waals surface area contributed by atoms with Crippen LogP contribution in [0.15, 0.2) is 57.6 Å². The number of nitro groups is 1. The monoisotopic (exact) mass is 411 g/mol. The van der Waals surface area contributed by atoms with Crippen LogP contribution < -0.4 is 4.90 Å². The predicted molar refractivity (Wildman–Crippen MR) is 108 cm³/mol. The number of nitrogens with zero attached hydrogens (tertiary/aromatic N) is 3. The summed E-state index contributed by atoms with van der Waals surface area (Å²) in [7, 11) is 0. The van der Waals surface area contributed by atoms with E-state index < -0.39 is 16.7 Å². The van der Waals surface area contributed by atoms with E-state index in [1.54, 1.807) is 12.1 Å². The first-order valence-electron chi connectivity index (χ1n) is 8.92. The van der Waals surface area contributed by atoms with Crippen LogP contribution in [-0.4, -0.2) is 15.8 Å². The number of para-hydroxylation sites is 1. The van der Waals surface area contributed by atoms with Crippen molar-refractivity contribution in [2.45, 2.75) is 26.3 Å². The van der Waals surface area contributed by atoms with E-state index in [9.17, 15) is 14.9 Å². The van der Waals surface area contributed by atoms with Gasteiger partial charge >= 0.3 is 5.88 Å². The smallest absolute Gasteiger partial charge is 0.433 e. The van der Waals surface area contributed by atoms with Crippen LogP contribution in [0.2, 0.25) is 0 Å². The lowest BCUT2D eigenvalue weighted by Crippen LogP contribution is -2.29. The van der Waals surface area contributed by atoms with Crippen LogP contribution in [0.1, 0.15) is 41.6 Å². The molecule has 0 spiro atoms. The first kappa shape index (κ1) is 18.9. The van der Waals surface area contributed by atoms with Crippen LogP contribution in [-0.2, 0) is 6.54 Å². The number of fused-ring (bicyclic) bond motifs is 1. The van der Waals surface area contributed by atoms with E-state index in [1.165, 1.54) is 28.6 Å². The average Bonchev–Trinajstić information content (AvgIpc) is 3.45. The SMILES string of the molecule is CC(C)c1cccc2sc(N(Cc3ccco3)C(=O)c3ccc([N+](=O)[O-])o3)nc12. The Morgan fingerprint density at radius 1 is 1.24 bits per heavy atom. The van der Waals surface area contributed by atoms with E-state index >= 15 is 0 Å². The molecule has 1 amide bonds. The van der Waals surface area contributed by atoms with E-state index in [-0.39, 0.29) is 18.2 Å². The van der Waals surface area contributed by atoms with Crippen LogP contribution in [0.5, 0.6) is 0 Å². The second kappa shape index (κ2) is 7.51. The predicted octanol–water partition coefficient (Wildman–Crippen LogP) is 5.36. The summed E-state index contributed by atoms with van der Waals surface area (Å²) in [6, 6.07) is 11.9. The van der Waals surface area contributed by atoms with E-state index in [4.69, 9.17) is 13.8 Å². The second-order valence-electron chi connectivity index (χ2n) is 6.71. The maximum absolute atomic E-state index is 13.1.